The van der Waals surface area contributed by atoms with Crippen molar-refractivity contribution in [3.8, 4) is 0 Å². The molecule has 1 N–H and O–H groups in total. The van der Waals surface area contributed by atoms with Crippen molar-refractivity contribution < 1.29 is 14.6 Å². The Morgan fingerprint density at radius 2 is 2.47 bits per heavy atom. The van der Waals surface area contributed by atoms with Crippen molar-refractivity contribution in [1.82, 2.24) is 9.80 Å². The predicted molar refractivity (Wildman–Crippen MR) is 72.6 cm³/mol. The van der Waals surface area contributed by atoms with Gasteiger partial charge in [0.1, 0.15) is 0 Å². The maximum Gasteiger partial charge on any atom is 0.240 e. The molecule has 1 unspecified atom stereocenters. The minimum atomic E-state index is -0.151. The molecule has 1 fully saturated rings. The lowest BCUT2D eigenvalue weighted by Gasteiger charge is -2.33. The molecule has 1 aliphatic heterocycles. The Morgan fingerprint density at radius 3 is 3.11 bits per heavy atom. The third-order valence-electron chi connectivity index (χ3n) is 3.77. The molecule has 0 spiro atoms. The summed E-state index contributed by atoms with van der Waals surface area (Å²) in [6.07, 6.45) is 5.29. The molecule has 0 bridgehead atoms. The lowest BCUT2D eigenvalue weighted by molar-refractivity contribution is -0.133. The second-order valence-electron chi connectivity index (χ2n) is 5.14. The van der Waals surface area contributed by atoms with E-state index in [2.05, 4.69) is 11.0 Å². The lowest BCUT2D eigenvalue weighted by atomic mass is 10.2. The lowest BCUT2D eigenvalue weighted by Crippen LogP contribution is -2.48. The molecule has 0 aromatic rings. The zero-order chi connectivity index (χ0) is 13.7. The van der Waals surface area contributed by atoms with Crippen molar-refractivity contribution in [2.45, 2.75) is 32.3 Å². The van der Waals surface area contributed by atoms with Crippen molar-refractivity contribution in [2.24, 2.45) is 0 Å². The van der Waals surface area contributed by atoms with Gasteiger partial charge >= 0.3 is 0 Å². The molecule has 5 heteroatoms. The molecule has 1 amide bonds. The number of ether oxygens (including phenoxy) is 1. The summed E-state index contributed by atoms with van der Waals surface area (Å²) < 4.78 is 5.40. The maximum atomic E-state index is 12.4. The van der Waals surface area contributed by atoms with Crippen LogP contribution in [0.25, 0.3) is 0 Å². The monoisotopic (exact) mass is 268 g/mol. The smallest absolute Gasteiger partial charge is 0.240 e. The van der Waals surface area contributed by atoms with Crippen molar-refractivity contribution in [3.05, 3.63) is 11.8 Å². The molecular formula is C14H24N2O3. The highest BCUT2D eigenvalue weighted by atomic mass is 16.5. The summed E-state index contributed by atoms with van der Waals surface area (Å²) in [7, 11) is 0. The number of allylic oxidation sites excluding steroid dienone is 2. The number of rotatable bonds is 5. The Bertz CT molecular complexity index is 344. The molecule has 1 saturated heterocycles. The summed E-state index contributed by atoms with van der Waals surface area (Å²) >= 11 is 0. The van der Waals surface area contributed by atoms with Crippen LogP contribution >= 0.6 is 0 Å². The van der Waals surface area contributed by atoms with Crippen LogP contribution in [0.5, 0.6) is 0 Å². The minimum Gasteiger partial charge on any atom is -0.394 e. The average molecular weight is 268 g/mol. The molecule has 0 saturated carbocycles. The fourth-order valence-electron chi connectivity index (χ4n) is 2.75. The van der Waals surface area contributed by atoms with Gasteiger partial charge < -0.3 is 14.7 Å². The molecule has 1 heterocycles. The first-order chi connectivity index (χ1) is 9.24. The Balaban J connectivity index is 1.88. The van der Waals surface area contributed by atoms with Crippen molar-refractivity contribution in [3.63, 3.8) is 0 Å². The molecule has 108 valence electrons. The van der Waals surface area contributed by atoms with Gasteiger partial charge in [0.25, 0.3) is 0 Å². The van der Waals surface area contributed by atoms with E-state index in [0.717, 1.165) is 32.4 Å². The SMILES string of the molecule is CCN(C(=O)CN1CCOC(CO)C1)C1=CCCC1. The summed E-state index contributed by atoms with van der Waals surface area (Å²) in [5, 5.41) is 9.11. The fraction of sp³-hybridized carbons (Fsp3) is 0.786. The molecule has 1 aliphatic carbocycles. The summed E-state index contributed by atoms with van der Waals surface area (Å²) in [6, 6.07) is 0. The average Bonchev–Trinajstić information content (AvgIpc) is 2.93. The van der Waals surface area contributed by atoms with Gasteiger partial charge in [0.2, 0.25) is 5.91 Å². The first-order valence-electron chi connectivity index (χ1n) is 7.18. The van der Waals surface area contributed by atoms with Crippen molar-refractivity contribution >= 4 is 5.91 Å². The highest BCUT2D eigenvalue weighted by Gasteiger charge is 2.25. The summed E-state index contributed by atoms with van der Waals surface area (Å²) in [6.45, 7) is 5.19. The molecule has 0 aromatic heterocycles. The summed E-state index contributed by atoms with van der Waals surface area (Å²) in [5.41, 5.74) is 1.18. The Morgan fingerprint density at radius 1 is 1.63 bits per heavy atom. The van der Waals surface area contributed by atoms with Gasteiger partial charge in [-0.1, -0.05) is 6.08 Å². The normalized spacial score (nSPS) is 24.3. The fourth-order valence-corrected chi connectivity index (χ4v) is 2.75. The van der Waals surface area contributed by atoms with Gasteiger partial charge in [-0.05, 0) is 26.2 Å². The van der Waals surface area contributed by atoms with Gasteiger partial charge in [0, 0.05) is 25.3 Å². The van der Waals surface area contributed by atoms with Gasteiger partial charge in [0.15, 0.2) is 0 Å². The Labute approximate surface area is 114 Å². The van der Waals surface area contributed by atoms with Crippen LogP contribution in [0.2, 0.25) is 0 Å². The van der Waals surface area contributed by atoms with Crippen LogP contribution in [-0.2, 0) is 9.53 Å². The van der Waals surface area contributed by atoms with Crippen LogP contribution in [-0.4, -0.2) is 66.3 Å². The van der Waals surface area contributed by atoms with E-state index < -0.39 is 0 Å². The highest BCUT2D eigenvalue weighted by Crippen LogP contribution is 2.21. The van der Waals surface area contributed by atoms with Crippen LogP contribution in [0, 0.1) is 0 Å². The molecule has 2 rings (SSSR count). The third-order valence-corrected chi connectivity index (χ3v) is 3.77. The maximum absolute atomic E-state index is 12.4. The van der Waals surface area contributed by atoms with Crippen LogP contribution in [0.3, 0.4) is 0 Å². The molecule has 0 aromatic carbocycles. The third kappa shape index (κ3) is 3.78. The van der Waals surface area contributed by atoms with E-state index in [0.29, 0.717) is 19.7 Å². The second kappa shape index (κ2) is 7.03. The number of amides is 1. The van der Waals surface area contributed by atoms with Crippen LogP contribution < -0.4 is 0 Å². The molecule has 0 radical (unpaired) electrons. The zero-order valence-corrected chi connectivity index (χ0v) is 11.7. The van der Waals surface area contributed by atoms with E-state index in [9.17, 15) is 4.79 Å². The number of hydrogen-bond donors (Lipinski definition) is 1. The largest absolute Gasteiger partial charge is 0.394 e. The number of hydrogen-bond acceptors (Lipinski definition) is 4. The number of carbonyl (C=O) groups is 1. The first-order valence-corrected chi connectivity index (χ1v) is 7.18. The van der Waals surface area contributed by atoms with Gasteiger partial charge in [-0.15, -0.1) is 0 Å². The number of aliphatic hydroxyl groups excluding tert-OH is 1. The Kier molecular flexibility index (Phi) is 5.36. The minimum absolute atomic E-state index is 0.0212. The van der Waals surface area contributed by atoms with E-state index in [-0.39, 0.29) is 18.6 Å². The standard InChI is InChI=1S/C14H24N2O3/c1-2-16(12-5-3-4-6-12)14(18)10-15-7-8-19-13(9-15)11-17/h5,13,17H,2-4,6-11H2,1H3. The van der Waals surface area contributed by atoms with Crippen molar-refractivity contribution in [1.29, 1.82) is 0 Å². The van der Waals surface area contributed by atoms with Gasteiger partial charge in [0.05, 0.1) is 25.9 Å². The number of aliphatic hydroxyl groups is 1. The predicted octanol–water partition coefficient (Wildman–Crippen LogP) is 0.596. The number of likely N-dealkylation sites (N-methyl/N-ethyl adjacent to an activating group) is 1. The summed E-state index contributed by atoms with van der Waals surface area (Å²) in [4.78, 5) is 16.3. The van der Waals surface area contributed by atoms with Gasteiger partial charge in [-0.2, -0.15) is 0 Å². The van der Waals surface area contributed by atoms with E-state index in [1.54, 1.807) is 0 Å². The topological polar surface area (TPSA) is 53.0 Å². The second-order valence-corrected chi connectivity index (χ2v) is 5.14. The molecular weight excluding hydrogens is 244 g/mol. The molecule has 5 nitrogen and oxygen atoms in total. The molecule has 1 atom stereocenters. The van der Waals surface area contributed by atoms with Crippen LogP contribution in [0.1, 0.15) is 26.2 Å². The van der Waals surface area contributed by atoms with E-state index in [1.165, 1.54) is 5.70 Å². The number of morpholine rings is 1. The van der Waals surface area contributed by atoms with Crippen molar-refractivity contribution in [2.75, 3.05) is 39.4 Å². The summed E-state index contributed by atoms with van der Waals surface area (Å²) in [5.74, 6) is 0.161. The quantitative estimate of drug-likeness (QED) is 0.793. The van der Waals surface area contributed by atoms with Gasteiger partial charge in [-0.25, -0.2) is 0 Å². The van der Waals surface area contributed by atoms with E-state index >= 15 is 0 Å². The molecule has 2 aliphatic rings. The van der Waals surface area contributed by atoms with Gasteiger partial charge in [-0.3, -0.25) is 9.69 Å². The highest BCUT2D eigenvalue weighted by molar-refractivity contribution is 5.80. The zero-order valence-electron chi connectivity index (χ0n) is 11.7. The van der Waals surface area contributed by atoms with E-state index in [1.807, 2.05) is 11.8 Å². The van der Waals surface area contributed by atoms with E-state index in [4.69, 9.17) is 9.84 Å². The van der Waals surface area contributed by atoms with Crippen LogP contribution in [0.4, 0.5) is 0 Å². The van der Waals surface area contributed by atoms with Crippen LogP contribution in [0.15, 0.2) is 11.8 Å². The first kappa shape index (κ1) is 14.5. The Hall–Kier alpha value is -0.910. The number of carbonyl (C=O) groups excluding carboxylic acids is 1. The number of nitrogens with zero attached hydrogens (tertiary/aromatic N) is 2. The molecule has 19 heavy (non-hydrogen) atoms.